The summed E-state index contributed by atoms with van der Waals surface area (Å²) >= 11 is 0. The third-order valence-corrected chi connectivity index (χ3v) is 2.13. The molecule has 0 spiro atoms. The molecule has 6 nitrogen and oxygen atoms in total. The number of nitrogens with zero attached hydrogens (tertiary/aromatic N) is 1. The lowest BCUT2D eigenvalue weighted by molar-refractivity contribution is -0.275. The summed E-state index contributed by atoms with van der Waals surface area (Å²) in [5.74, 6) is -2.32. The zero-order valence-corrected chi connectivity index (χ0v) is 10.5. The summed E-state index contributed by atoms with van der Waals surface area (Å²) in [4.78, 5) is 15.1. The van der Waals surface area contributed by atoms with Crippen LogP contribution in [0.4, 0.5) is 13.2 Å². The molecular formula is C11H13F3N2O4. The molecule has 0 bridgehead atoms. The van der Waals surface area contributed by atoms with E-state index in [9.17, 15) is 23.1 Å². The van der Waals surface area contributed by atoms with Crippen molar-refractivity contribution in [1.82, 2.24) is 4.98 Å². The fourth-order valence-corrected chi connectivity index (χ4v) is 1.42. The maximum atomic E-state index is 12.2. The number of esters is 1. The third-order valence-electron chi connectivity index (χ3n) is 2.13. The highest BCUT2D eigenvalue weighted by Crippen LogP contribution is 2.34. The molecule has 1 rings (SSSR count). The van der Waals surface area contributed by atoms with Crippen molar-refractivity contribution in [2.45, 2.75) is 26.3 Å². The van der Waals surface area contributed by atoms with E-state index in [0.29, 0.717) is 0 Å². The van der Waals surface area contributed by atoms with E-state index in [1.807, 2.05) is 0 Å². The van der Waals surface area contributed by atoms with Crippen LogP contribution in [0.25, 0.3) is 0 Å². The lowest BCUT2D eigenvalue weighted by Crippen LogP contribution is -2.18. The van der Waals surface area contributed by atoms with Gasteiger partial charge in [0.05, 0.1) is 24.4 Å². The number of aromatic nitrogens is 1. The summed E-state index contributed by atoms with van der Waals surface area (Å²) in [6.45, 7) is 1.41. The zero-order chi connectivity index (χ0) is 15.3. The number of hydrogen-bond donors (Lipinski definition) is 2. The van der Waals surface area contributed by atoms with Crippen LogP contribution in [-0.4, -0.2) is 29.0 Å². The van der Waals surface area contributed by atoms with E-state index < -0.39 is 23.8 Å². The molecule has 0 saturated heterocycles. The molecule has 0 aliphatic carbocycles. The first-order valence-corrected chi connectivity index (χ1v) is 5.60. The highest BCUT2D eigenvalue weighted by atomic mass is 19.4. The summed E-state index contributed by atoms with van der Waals surface area (Å²) in [6, 6.07) is 0.818. The Kier molecular flexibility index (Phi) is 5.14. The topological polar surface area (TPSA) is 94.7 Å². The van der Waals surface area contributed by atoms with Crippen molar-refractivity contribution in [3.63, 3.8) is 0 Å². The number of hydrogen-bond acceptors (Lipinski definition) is 6. The first-order valence-electron chi connectivity index (χ1n) is 5.60. The minimum absolute atomic E-state index is 0.0408. The molecule has 0 aliphatic rings. The van der Waals surface area contributed by atoms with Gasteiger partial charge in [-0.1, -0.05) is 0 Å². The van der Waals surface area contributed by atoms with Crippen LogP contribution in [0, 0.1) is 0 Å². The molecule has 0 saturated carbocycles. The van der Waals surface area contributed by atoms with E-state index >= 15 is 0 Å². The molecule has 1 heterocycles. The number of carbonyl (C=O) groups excluding carboxylic acids is 1. The second-order valence-corrected chi connectivity index (χ2v) is 3.64. The van der Waals surface area contributed by atoms with Gasteiger partial charge in [0.25, 0.3) is 0 Å². The number of halogens is 3. The van der Waals surface area contributed by atoms with Crippen LogP contribution in [-0.2, 0) is 22.5 Å². The summed E-state index contributed by atoms with van der Waals surface area (Å²) in [6.07, 6.45) is -5.33. The molecule has 0 aliphatic heterocycles. The zero-order valence-electron chi connectivity index (χ0n) is 10.5. The van der Waals surface area contributed by atoms with Gasteiger partial charge in [-0.3, -0.25) is 9.78 Å². The van der Waals surface area contributed by atoms with Crippen LogP contribution < -0.4 is 10.5 Å². The number of alkyl halides is 3. The highest BCUT2D eigenvalue weighted by Gasteiger charge is 2.33. The van der Waals surface area contributed by atoms with Gasteiger partial charge < -0.3 is 20.3 Å². The van der Waals surface area contributed by atoms with E-state index in [2.05, 4.69) is 14.5 Å². The number of carbonyl (C=O) groups is 1. The molecule has 1 aromatic rings. The molecule has 0 atom stereocenters. The Morgan fingerprint density at radius 3 is 2.65 bits per heavy atom. The van der Waals surface area contributed by atoms with Crippen LogP contribution >= 0.6 is 0 Å². The number of pyridine rings is 1. The first-order chi connectivity index (χ1) is 9.26. The van der Waals surface area contributed by atoms with Crippen molar-refractivity contribution < 1.29 is 32.5 Å². The fraction of sp³-hybridized carbons (Fsp3) is 0.455. The largest absolute Gasteiger partial charge is 0.573 e. The predicted octanol–water partition coefficient (Wildman–Crippen LogP) is 1.25. The highest BCUT2D eigenvalue weighted by molar-refractivity contribution is 5.72. The standard InChI is InChI=1S/C11H13F3N2O4/c1-2-19-9(17)4-6-3-8(20-11(12,13)14)10(18)7(5-15)16-6/h3,18H,2,4-5,15H2,1H3. The van der Waals surface area contributed by atoms with Gasteiger partial charge in [-0.15, -0.1) is 13.2 Å². The first kappa shape index (κ1) is 16.0. The minimum Gasteiger partial charge on any atom is -0.503 e. The Balaban J connectivity index is 3.08. The lowest BCUT2D eigenvalue weighted by Gasteiger charge is -2.13. The lowest BCUT2D eigenvalue weighted by atomic mass is 10.2. The molecule has 0 radical (unpaired) electrons. The van der Waals surface area contributed by atoms with E-state index in [-0.39, 0.29) is 31.0 Å². The van der Waals surface area contributed by atoms with Gasteiger partial charge in [-0.2, -0.15) is 0 Å². The number of aromatic hydroxyl groups is 1. The summed E-state index contributed by atoms with van der Waals surface area (Å²) in [7, 11) is 0. The van der Waals surface area contributed by atoms with Gasteiger partial charge >= 0.3 is 12.3 Å². The van der Waals surface area contributed by atoms with E-state index in [1.165, 1.54) is 0 Å². The van der Waals surface area contributed by atoms with Crippen molar-refractivity contribution in [1.29, 1.82) is 0 Å². The number of rotatable bonds is 5. The smallest absolute Gasteiger partial charge is 0.503 e. The van der Waals surface area contributed by atoms with Gasteiger partial charge in [0.2, 0.25) is 0 Å². The SMILES string of the molecule is CCOC(=O)Cc1cc(OC(F)(F)F)c(O)c(CN)n1. The third kappa shape index (κ3) is 4.57. The van der Waals surface area contributed by atoms with Gasteiger partial charge in [-0.05, 0) is 6.92 Å². The van der Waals surface area contributed by atoms with Crippen LogP contribution in [0.2, 0.25) is 0 Å². The van der Waals surface area contributed by atoms with Crippen molar-refractivity contribution in [3.05, 3.63) is 17.5 Å². The van der Waals surface area contributed by atoms with Crippen LogP contribution in [0.3, 0.4) is 0 Å². The summed E-state index contributed by atoms with van der Waals surface area (Å²) < 4.78 is 44.9. The predicted molar refractivity (Wildman–Crippen MR) is 60.8 cm³/mol. The molecule has 112 valence electrons. The second-order valence-electron chi connectivity index (χ2n) is 3.64. The molecule has 0 aromatic carbocycles. The number of nitrogens with two attached hydrogens (primary N) is 1. The average Bonchev–Trinajstić information content (AvgIpc) is 2.31. The Morgan fingerprint density at radius 1 is 1.50 bits per heavy atom. The summed E-state index contributed by atoms with van der Waals surface area (Å²) in [5.41, 5.74) is 5.02. The van der Waals surface area contributed by atoms with E-state index in [0.717, 1.165) is 6.07 Å². The van der Waals surface area contributed by atoms with E-state index in [1.54, 1.807) is 6.92 Å². The molecule has 20 heavy (non-hydrogen) atoms. The maximum Gasteiger partial charge on any atom is 0.573 e. The molecular weight excluding hydrogens is 281 g/mol. The Morgan fingerprint density at radius 2 is 2.15 bits per heavy atom. The van der Waals surface area contributed by atoms with Gasteiger partial charge in [-0.25, -0.2) is 0 Å². The minimum atomic E-state index is -4.98. The van der Waals surface area contributed by atoms with Crippen LogP contribution in [0.1, 0.15) is 18.3 Å². The van der Waals surface area contributed by atoms with Crippen molar-refractivity contribution in [2.75, 3.05) is 6.61 Å². The van der Waals surface area contributed by atoms with Crippen molar-refractivity contribution in [2.24, 2.45) is 5.73 Å². The molecule has 9 heteroatoms. The summed E-state index contributed by atoms with van der Waals surface area (Å²) in [5, 5.41) is 9.53. The van der Waals surface area contributed by atoms with Crippen molar-refractivity contribution in [3.8, 4) is 11.5 Å². The molecule has 1 aromatic heterocycles. The Hall–Kier alpha value is -2.03. The Labute approximate surface area is 112 Å². The maximum absolute atomic E-state index is 12.2. The quantitative estimate of drug-likeness (QED) is 0.794. The van der Waals surface area contributed by atoms with Crippen LogP contribution in [0.5, 0.6) is 11.5 Å². The van der Waals surface area contributed by atoms with Gasteiger partial charge in [0, 0.05) is 12.6 Å². The molecule has 3 N–H and O–H groups in total. The van der Waals surface area contributed by atoms with E-state index in [4.69, 9.17) is 5.73 Å². The molecule has 0 amide bonds. The van der Waals surface area contributed by atoms with Crippen LogP contribution in [0.15, 0.2) is 6.07 Å². The fourth-order valence-electron chi connectivity index (χ4n) is 1.42. The van der Waals surface area contributed by atoms with Gasteiger partial charge in [0.15, 0.2) is 11.5 Å². The van der Waals surface area contributed by atoms with Crippen molar-refractivity contribution >= 4 is 5.97 Å². The monoisotopic (exact) mass is 294 g/mol. The molecule has 0 unspecified atom stereocenters. The average molecular weight is 294 g/mol. The normalized spacial score (nSPS) is 11.2. The Bertz CT molecular complexity index is 491. The molecule has 0 fully saturated rings. The number of ether oxygens (including phenoxy) is 2. The van der Waals surface area contributed by atoms with Gasteiger partial charge in [0.1, 0.15) is 0 Å². The second kappa shape index (κ2) is 6.42.